The molecule has 1 unspecified atom stereocenters. The molecule has 2 saturated heterocycles. The second-order valence-corrected chi connectivity index (χ2v) is 12.5. The van der Waals surface area contributed by atoms with E-state index in [9.17, 15) is 9.59 Å². The summed E-state index contributed by atoms with van der Waals surface area (Å²) < 4.78 is 11.8. The van der Waals surface area contributed by atoms with Gasteiger partial charge in [-0.1, -0.05) is 6.92 Å². The van der Waals surface area contributed by atoms with Gasteiger partial charge in [0.1, 0.15) is 12.2 Å². The summed E-state index contributed by atoms with van der Waals surface area (Å²) in [7, 11) is 3.35. The number of ether oxygens (including phenoxy) is 2. The van der Waals surface area contributed by atoms with Gasteiger partial charge in [-0.2, -0.15) is 10.1 Å². The minimum Gasteiger partial charge on any atom is -0.462 e. The number of hydroxylamine groups is 4. The molecule has 0 N–H and O–H groups in total. The Morgan fingerprint density at radius 1 is 0.735 bits per heavy atom. The van der Waals surface area contributed by atoms with E-state index in [-0.39, 0.29) is 52.7 Å². The van der Waals surface area contributed by atoms with Gasteiger partial charge in [-0.3, -0.25) is 9.59 Å². The topological polar surface area (TPSA) is 77.5 Å². The Balaban J connectivity index is 1.98. The molecule has 8 heteroatoms. The Morgan fingerprint density at radius 2 is 1.09 bits per heavy atom. The summed E-state index contributed by atoms with van der Waals surface area (Å²) in [6, 6.07) is 0. The maximum Gasteiger partial charge on any atom is 0.309 e. The Kier molecular flexibility index (Phi) is 8.88. The van der Waals surface area contributed by atoms with E-state index >= 15 is 0 Å². The fraction of sp³-hybridized carbons (Fsp3) is 0.923. The van der Waals surface area contributed by atoms with Crippen LogP contribution in [0.5, 0.6) is 0 Å². The smallest absolute Gasteiger partial charge is 0.309 e. The van der Waals surface area contributed by atoms with Crippen LogP contribution in [-0.4, -0.2) is 70.6 Å². The van der Waals surface area contributed by atoms with Gasteiger partial charge in [-0.25, -0.2) is 0 Å². The minimum absolute atomic E-state index is 0.0321. The van der Waals surface area contributed by atoms with Crippen molar-refractivity contribution >= 4 is 11.9 Å². The highest BCUT2D eigenvalue weighted by Gasteiger charge is 2.49. The molecule has 2 aliphatic heterocycles. The average Bonchev–Trinajstić information content (AvgIpc) is 2.62. The summed E-state index contributed by atoms with van der Waals surface area (Å²) in [5.74, 6) is -1.18. The van der Waals surface area contributed by atoms with Gasteiger partial charge in [0.2, 0.25) is 0 Å². The standard InChI is InChI=1S/C26H48N2O6/c1-12-18(22(30)34-20-16-25(6,7)28(32-11)26(8,9)17-20)13-21(29)33-19-14-23(2,3)27(31-10)24(4,5)15-19/h18-20H,12-17H2,1-11H3. The Bertz CT molecular complexity index is 697. The van der Waals surface area contributed by atoms with E-state index in [4.69, 9.17) is 19.1 Å². The highest BCUT2D eigenvalue weighted by Crippen LogP contribution is 2.41. The molecule has 0 aliphatic carbocycles. The summed E-state index contributed by atoms with van der Waals surface area (Å²) in [6.07, 6.45) is 2.77. The van der Waals surface area contributed by atoms with Crippen LogP contribution in [0.3, 0.4) is 0 Å². The number of carbonyl (C=O) groups excluding carboxylic acids is 2. The molecule has 2 heterocycles. The quantitative estimate of drug-likeness (QED) is 0.461. The molecule has 0 radical (unpaired) electrons. The van der Waals surface area contributed by atoms with Crippen molar-refractivity contribution in [3.63, 3.8) is 0 Å². The monoisotopic (exact) mass is 484 g/mol. The average molecular weight is 485 g/mol. The van der Waals surface area contributed by atoms with Crippen molar-refractivity contribution in [3.8, 4) is 0 Å². The second kappa shape index (κ2) is 10.4. The molecule has 0 aromatic heterocycles. The molecule has 0 spiro atoms. The number of carbonyl (C=O) groups is 2. The third-order valence-electron chi connectivity index (χ3n) is 7.29. The van der Waals surface area contributed by atoms with Crippen molar-refractivity contribution in [2.75, 3.05) is 14.2 Å². The number of esters is 2. The van der Waals surface area contributed by atoms with Crippen LogP contribution in [0.2, 0.25) is 0 Å². The van der Waals surface area contributed by atoms with Crippen molar-refractivity contribution < 1.29 is 28.7 Å². The normalized spacial score (nSPS) is 26.1. The largest absolute Gasteiger partial charge is 0.462 e. The molecule has 0 aromatic carbocycles. The van der Waals surface area contributed by atoms with Crippen molar-refractivity contribution in [2.24, 2.45) is 5.92 Å². The summed E-state index contributed by atoms with van der Waals surface area (Å²) in [6.45, 7) is 18.6. The van der Waals surface area contributed by atoms with Crippen LogP contribution in [0.4, 0.5) is 0 Å². The molecule has 2 fully saturated rings. The third-order valence-corrected chi connectivity index (χ3v) is 7.29. The van der Waals surface area contributed by atoms with Gasteiger partial charge in [0.15, 0.2) is 0 Å². The molecule has 1 atom stereocenters. The number of nitrogens with zero attached hydrogens (tertiary/aromatic N) is 2. The first-order chi connectivity index (χ1) is 15.5. The number of hydrogen-bond acceptors (Lipinski definition) is 8. The van der Waals surface area contributed by atoms with Gasteiger partial charge in [-0.15, -0.1) is 0 Å². The van der Waals surface area contributed by atoms with Crippen molar-refractivity contribution in [1.82, 2.24) is 10.1 Å². The van der Waals surface area contributed by atoms with Crippen LogP contribution in [0.25, 0.3) is 0 Å². The van der Waals surface area contributed by atoms with E-state index in [1.165, 1.54) is 0 Å². The molecule has 8 nitrogen and oxygen atoms in total. The molecule has 2 aliphatic rings. The van der Waals surface area contributed by atoms with Crippen LogP contribution in [0.1, 0.15) is 101 Å². The number of hydrogen-bond donors (Lipinski definition) is 0. The van der Waals surface area contributed by atoms with Crippen molar-refractivity contribution in [2.45, 2.75) is 135 Å². The molecule has 2 rings (SSSR count). The van der Waals surface area contributed by atoms with Crippen LogP contribution >= 0.6 is 0 Å². The lowest BCUT2D eigenvalue weighted by atomic mass is 9.80. The van der Waals surface area contributed by atoms with Crippen LogP contribution in [0, 0.1) is 5.92 Å². The zero-order valence-electron chi connectivity index (χ0n) is 23.3. The van der Waals surface area contributed by atoms with E-state index in [1.807, 2.05) is 17.1 Å². The Morgan fingerprint density at radius 3 is 1.41 bits per heavy atom. The lowest BCUT2D eigenvalue weighted by Gasteiger charge is -2.53. The first-order valence-electron chi connectivity index (χ1n) is 12.6. The SMILES string of the molecule is CCC(CC(=O)OC1CC(C)(C)N(OC)C(C)(C)C1)C(=O)OC1CC(C)(C)N(OC)C(C)(C)C1. The fourth-order valence-electron chi connectivity index (χ4n) is 6.59. The van der Waals surface area contributed by atoms with E-state index in [2.05, 4.69) is 55.4 Å². The molecule has 0 aromatic rings. The molecular weight excluding hydrogens is 436 g/mol. The van der Waals surface area contributed by atoms with E-state index in [1.54, 1.807) is 14.2 Å². The van der Waals surface area contributed by atoms with E-state index < -0.39 is 5.92 Å². The van der Waals surface area contributed by atoms with Gasteiger partial charge in [0.05, 0.1) is 26.6 Å². The van der Waals surface area contributed by atoms with Gasteiger partial charge in [0, 0.05) is 47.8 Å². The predicted molar refractivity (Wildman–Crippen MR) is 131 cm³/mol. The fourth-order valence-corrected chi connectivity index (χ4v) is 6.59. The first-order valence-corrected chi connectivity index (χ1v) is 12.6. The van der Waals surface area contributed by atoms with E-state index in [0.717, 1.165) is 0 Å². The van der Waals surface area contributed by atoms with Gasteiger partial charge < -0.3 is 19.1 Å². The van der Waals surface area contributed by atoms with Gasteiger partial charge in [-0.05, 0) is 61.8 Å². The zero-order chi connectivity index (χ0) is 26.1. The van der Waals surface area contributed by atoms with Crippen molar-refractivity contribution in [1.29, 1.82) is 0 Å². The highest BCUT2D eigenvalue weighted by molar-refractivity contribution is 5.80. The molecule has 34 heavy (non-hydrogen) atoms. The van der Waals surface area contributed by atoms with E-state index in [0.29, 0.717) is 32.1 Å². The maximum atomic E-state index is 13.0. The summed E-state index contributed by atoms with van der Waals surface area (Å²) in [4.78, 5) is 37.1. The Hall–Kier alpha value is -1.22. The minimum atomic E-state index is -0.515. The lowest BCUT2D eigenvalue weighted by molar-refractivity contribution is -0.279. The predicted octanol–water partition coefficient (Wildman–Crippen LogP) is 4.66. The second-order valence-electron chi connectivity index (χ2n) is 12.5. The Labute approximate surface area is 206 Å². The molecular formula is C26H48N2O6. The first kappa shape index (κ1) is 29.0. The van der Waals surface area contributed by atoms with Crippen LogP contribution in [-0.2, 0) is 28.7 Å². The molecule has 0 amide bonds. The summed E-state index contributed by atoms with van der Waals surface area (Å²) >= 11 is 0. The zero-order valence-corrected chi connectivity index (χ0v) is 23.3. The highest BCUT2D eigenvalue weighted by atomic mass is 16.7. The number of rotatable bonds is 8. The maximum absolute atomic E-state index is 13.0. The van der Waals surface area contributed by atoms with Gasteiger partial charge >= 0.3 is 11.9 Å². The number of piperidine rings is 2. The summed E-state index contributed by atoms with van der Waals surface area (Å²) in [5.41, 5.74) is -1.11. The molecule has 0 bridgehead atoms. The van der Waals surface area contributed by atoms with Crippen LogP contribution in [0.15, 0.2) is 0 Å². The third kappa shape index (κ3) is 6.50. The van der Waals surface area contributed by atoms with Crippen LogP contribution < -0.4 is 0 Å². The summed E-state index contributed by atoms with van der Waals surface area (Å²) in [5, 5.41) is 3.96. The molecule has 198 valence electrons. The van der Waals surface area contributed by atoms with Gasteiger partial charge in [0.25, 0.3) is 0 Å². The molecule has 0 saturated carbocycles. The lowest BCUT2D eigenvalue weighted by Crippen LogP contribution is -2.61. The van der Waals surface area contributed by atoms with Crippen molar-refractivity contribution in [3.05, 3.63) is 0 Å².